The van der Waals surface area contributed by atoms with E-state index in [1.807, 2.05) is 0 Å². The maximum atomic E-state index is 2.52. The van der Waals surface area contributed by atoms with Crippen LogP contribution in [0.4, 0.5) is 34.1 Å². The normalized spacial score (nSPS) is 16.3. The highest BCUT2D eigenvalue weighted by atomic mass is 15.2. The molecule has 11 aromatic carbocycles. The van der Waals surface area contributed by atoms with Gasteiger partial charge < -0.3 is 9.80 Å². The van der Waals surface area contributed by atoms with Gasteiger partial charge in [0, 0.05) is 33.0 Å². The van der Waals surface area contributed by atoms with Crippen LogP contribution < -0.4 is 9.80 Å². The zero-order chi connectivity index (χ0) is 53.0. The molecule has 0 fully saturated rings. The molecule has 0 unspecified atom stereocenters. The largest absolute Gasteiger partial charge is 0.310 e. The summed E-state index contributed by atoms with van der Waals surface area (Å²) in [5, 5.41) is 5.01. The molecule has 2 nitrogen and oxygen atoms in total. The van der Waals surface area contributed by atoms with Crippen molar-refractivity contribution in [2.75, 3.05) is 9.80 Å². The Bertz CT molecular complexity index is 4390. The van der Waals surface area contributed by atoms with E-state index in [1.165, 1.54) is 145 Å². The molecule has 0 atom stereocenters. The van der Waals surface area contributed by atoms with Crippen LogP contribution in [-0.4, -0.2) is 0 Å². The van der Waals surface area contributed by atoms with Crippen molar-refractivity contribution in [1.82, 2.24) is 0 Å². The SMILES string of the molecule is CC1(C)c2cc(/C=C/c3ccc(-c4ccc5c(c4)C(C)(C)c4cc6c(cc4-5)C(C)(C)c4ccccc4N6c4ccc5ccccc5c4)cc3)ccc2-c2cc3c(cc21)N(c1ccc2ccccc2c1)c1ccccc1C3(C)C. The molecule has 2 heterocycles. The van der Waals surface area contributed by atoms with Gasteiger partial charge in [0.25, 0.3) is 0 Å². The summed E-state index contributed by atoms with van der Waals surface area (Å²) in [7, 11) is 0. The van der Waals surface area contributed by atoms with Gasteiger partial charge in [-0.3, -0.25) is 0 Å². The van der Waals surface area contributed by atoms with Gasteiger partial charge in [-0.05, 0) is 177 Å². The van der Waals surface area contributed by atoms with Crippen LogP contribution in [0.2, 0.25) is 0 Å². The first-order valence-electron chi connectivity index (χ1n) is 27.9. The molecule has 0 radical (unpaired) electrons. The minimum Gasteiger partial charge on any atom is -0.310 e. The summed E-state index contributed by atoms with van der Waals surface area (Å²) in [6.07, 6.45) is 4.56. The fraction of sp³-hybridized carbons (Fsp3) is 0.158. The van der Waals surface area contributed by atoms with Gasteiger partial charge in [0.15, 0.2) is 0 Å². The third-order valence-electron chi connectivity index (χ3n) is 18.8. The van der Waals surface area contributed by atoms with Crippen molar-refractivity contribution in [2.45, 2.75) is 77.0 Å². The van der Waals surface area contributed by atoms with Gasteiger partial charge in [0.2, 0.25) is 0 Å². The number of para-hydroxylation sites is 2. The summed E-state index contributed by atoms with van der Waals surface area (Å²) in [6.45, 7) is 19.2. The van der Waals surface area contributed by atoms with Crippen molar-refractivity contribution in [3.8, 4) is 33.4 Å². The molecule has 0 amide bonds. The molecule has 0 N–H and O–H groups in total. The summed E-state index contributed by atoms with van der Waals surface area (Å²) < 4.78 is 0. The molecular weight excluding hydrogens is 941 g/mol. The van der Waals surface area contributed by atoms with E-state index in [9.17, 15) is 0 Å². The van der Waals surface area contributed by atoms with Gasteiger partial charge in [-0.15, -0.1) is 0 Å². The number of fused-ring (bicyclic) bond motifs is 12. The van der Waals surface area contributed by atoms with Gasteiger partial charge in [0.1, 0.15) is 0 Å². The summed E-state index contributed by atoms with van der Waals surface area (Å²) in [4.78, 5) is 5.02. The maximum Gasteiger partial charge on any atom is 0.0506 e. The molecule has 15 rings (SSSR count). The Hall–Kier alpha value is -8.72. The smallest absolute Gasteiger partial charge is 0.0506 e. The lowest BCUT2D eigenvalue weighted by atomic mass is 9.71. The highest BCUT2D eigenvalue weighted by molar-refractivity contribution is 5.97. The lowest BCUT2D eigenvalue weighted by Gasteiger charge is -2.43. The predicted octanol–water partition coefficient (Wildman–Crippen LogP) is 20.7. The van der Waals surface area contributed by atoms with Crippen molar-refractivity contribution >= 4 is 67.8 Å². The van der Waals surface area contributed by atoms with Crippen LogP contribution in [0, 0.1) is 0 Å². The summed E-state index contributed by atoms with van der Waals surface area (Å²) in [5.41, 5.74) is 27.8. The van der Waals surface area contributed by atoms with E-state index in [2.05, 4.69) is 296 Å². The molecule has 0 saturated heterocycles. The number of hydrogen-bond acceptors (Lipinski definition) is 2. The molecule has 2 aliphatic heterocycles. The van der Waals surface area contributed by atoms with Crippen molar-refractivity contribution < 1.29 is 0 Å². The van der Waals surface area contributed by atoms with Crippen molar-refractivity contribution in [1.29, 1.82) is 0 Å². The lowest BCUT2D eigenvalue weighted by molar-refractivity contribution is 0.627. The number of hydrogen-bond donors (Lipinski definition) is 0. The van der Waals surface area contributed by atoms with E-state index >= 15 is 0 Å². The summed E-state index contributed by atoms with van der Waals surface area (Å²) in [5.74, 6) is 0. The number of benzene rings is 11. The fourth-order valence-electron chi connectivity index (χ4n) is 14.3. The third-order valence-corrected chi connectivity index (χ3v) is 18.8. The molecule has 0 bridgehead atoms. The minimum atomic E-state index is -0.194. The van der Waals surface area contributed by atoms with E-state index in [1.54, 1.807) is 0 Å². The van der Waals surface area contributed by atoms with Crippen LogP contribution in [0.5, 0.6) is 0 Å². The van der Waals surface area contributed by atoms with Crippen molar-refractivity contribution in [3.05, 3.63) is 274 Å². The molecule has 2 heteroatoms. The van der Waals surface area contributed by atoms with Gasteiger partial charge >= 0.3 is 0 Å². The lowest BCUT2D eigenvalue weighted by Crippen LogP contribution is -2.31. The molecule has 2 aliphatic carbocycles. The molecule has 0 aromatic heterocycles. The number of rotatable bonds is 5. The Morgan fingerprint density at radius 2 is 0.654 bits per heavy atom. The first kappa shape index (κ1) is 46.6. The van der Waals surface area contributed by atoms with Gasteiger partial charge in [0.05, 0.1) is 22.7 Å². The highest BCUT2D eigenvalue weighted by Gasteiger charge is 2.44. The van der Waals surface area contributed by atoms with E-state index in [4.69, 9.17) is 0 Å². The quantitative estimate of drug-likeness (QED) is 0.159. The van der Waals surface area contributed by atoms with E-state index in [0.717, 1.165) is 0 Å². The average Bonchev–Trinajstić information content (AvgIpc) is 3.78. The third kappa shape index (κ3) is 6.68. The Balaban J connectivity index is 0.728. The number of anilines is 6. The zero-order valence-electron chi connectivity index (χ0n) is 45.8. The van der Waals surface area contributed by atoms with Crippen LogP contribution in [0.1, 0.15) is 111 Å². The van der Waals surface area contributed by atoms with Crippen molar-refractivity contribution in [3.63, 3.8) is 0 Å². The van der Waals surface area contributed by atoms with Crippen LogP contribution in [0.3, 0.4) is 0 Å². The first-order valence-corrected chi connectivity index (χ1v) is 27.9. The molecule has 78 heavy (non-hydrogen) atoms. The zero-order valence-corrected chi connectivity index (χ0v) is 45.8. The maximum absolute atomic E-state index is 2.52. The second-order valence-corrected chi connectivity index (χ2v) is 24.6. The fourth-order valence-corrected chi connectivity index (χ4v) is 14.3. The Morgan fingerprint density at radius 1 is 0.256 bits per heavy atom. The molecule has 376 valence electrons. The van der Waals surface area contributed by atoms with Crippen LogP contribution >= 0.6 is 0 Å². The van der Waals surface area contributed by atoms with E-state index in [0.29, 0.717) is 0 Å². The Kier molecular flexibility index (Phi) is 9.79. The standard InChI is InChI=1S/C76H62N2/c1-73(2)61-21-13-15-23-69(61)77(55-35-32-49-17-9-11-19-52(49)40-55)71-45-65-59(43-67(71)73)57-37-29-48(39-63(57)75(65,5)6)26-25-47-27-30-51(31-28-47)54-34-38-58-60-44-68-72(46-66(60)76(7,8)64(58)42-54)78(70-24-16-14-22-62(70)74(68,3)4)56-36-33-50-18-10-12-20-53(50)41-56/h9-46H,1-8H3/b26-25+. The molecule has 0 spiro atoms. The molecule has 4 aliphatic rings. The first-order chi connectivity index (χ1) is 37.7. The molecule has 0 saturated carbocycles. The van der Waals surface area contributed by atoms with Gasteiger partial charge in [-0.25, -0.2) is 0 Å². The number of nitrogens with zero attached hydrogens (tertiary/aromatic N) is 2. The Morgan fingerprint density at radius 3 is 1.18 bits per heavy atom. The summed E-state index contributed by atoms with van der Waals surface area (Å²) >= 11 is 0. The predicted molar refractivity (Wildman–Crippen MR) is 331 cm³/mol. The average molecular weight is 1000 g/mol. The van der Waals surface area contributed by atoms with Crippen molar-refractivity contribution in [2.24, 2.45) is 0 Å². The second kappa shape index (κ2) is 16.4. The summed E-state index contributed by atoms with van der Waals surface area (Å²) in [6, 6.07) is 82.7. The Labute approximate surface area is 459 Å². The minimum absolute atomic E-state index is 0.184. The van der Waals surface area contributed by atoms with E-state index < -0.39 is 0 Å². The topological polar surface area (TPSA) is 6.48 Å². The van der Waals surface area contributed by atoms with E-state index in [-0.39, 0.29) is 21.7 Å². The second-order valence-electron chi connectivity index (χ2n) is 24.6. The van der Waals surface area contributed by atoms with Crippen LogP contribution in [0.25, 0.3) is 67.1 Å². The van der Waals surface area contributed by atoms with Gasteiger partial charge in [-0.1, -0.05) is 219 Å². The molecule has 11 aromatic rings. The van der Waals surface area contributed by atoms with Crippen LogP contribution in [-0.2, 0) is 21.7 Å². The van der Waals surface area contributed by atoms with Crippen LogP contribution in [0.15, 0.2) is 218 Å². The van der Waals surface area contributed by atoms with Gasteiger partial charge in [-0.2, -0.15) is 0 Å². The molecular formula is C76H62N2. The monoisotopic (exact) mass is 1000 g/mol. The highest BCUT2D eigenvalue weighted by Crippen LogP contribution is 2.60.